The van der Waals surface area contributed by atoms with Crippen molar-refractivity contribution in [2.24, 2.45) is 0 Å². The summed E-state index contributed by atoms with van der Waals surface area (Å²) in [5, 5.41) is 0. The molecule has 2 aromatic rings. The molecule has 0 aliphatic rings. The highest BCUT2D eigenvalue weighted by Gasteiger charge is 2.21. The van der Waals surface area contributed by atoms with Crippen molar-refractivity contribution in [3.8, 4) is 5.88 Å². The molecule has 3 N–H and O–H groups in total. The van der Waals surface area contributed by atoms with Crippen LogP contribution in [-0.4, -0.2) is 20.5 Å². The van der Waals surface area contributed by atoms with E-state index in [1.807, 2.05) is 0 Å². The SMILES string of the molecule is COc1ccc(NS(=O)(=O)c2cc(N)cc(C)c2F)cn1. The number of nitrogens with two attached hydrogens (primary N) is 1. The van der Waals surface area contributed by atoms with E-state index in [9.17, 15) is 12.8 Å². The first-order valence-electron chi connectivity index (χ1n) is 5.92. The van der Waals surface area contributed by atoms with Crippen LogP contribution in [0.15, 0.2) is 35.4 Å². The van der Waals surface area contributed by atoms with Gasteiger partial charge in [-0.05, 0) is 30.7 Å². The van der Waals surface area contributed by atoms with Crippen LogP contribution < -0.4 is 15.2 Å². The summed E-state index contributed by atoms with van der Waals surface area (Å²) >= 11 is 0. The molecule has 0 saturated carbocycles. The molecule has 21 heavy (non-hydrogen) atoms. The lowest BCUT2D eigenvalue weighted by molar-refractivity contribution is 0.398. The molecule has 0 amide bonds. The number of anilines is 2. The summed E-state index contributed by atoms with van der Waals surface area (Å²) < 4.78 is 45.5. The van der Waals surface area contributed by atoms with Crippen LogP contribution in [0.3, 0.4) is 0 Å². The molecule has 6 nitrogen and oxygen atoms in total. The van der Waals surface area contributed by atoms with E-state index in [1.165, 1.54) is 38.4 Å². The summed E-state index contributed by atoms with van der Waals surface area (Å²) in [6.07, 6.45) is 1.27. The Morgan fingerprint density at radius 3 is 2.62 bits per heavy atom. The van der Waals surface area contributed by atoms with Crippen molar-refractivity contribution in [1.29, 1.82) is 0 Å². The van der Waals surface area contributed by atoms with E-state index in [1.54, 1.807) is 0 Å². The second-order valence-electron chi connectivity index (χ2n) is 4.34. The monoisotopic (exact) mass is 311 g/mol. The van der Waals surface area contributed by atoms with Crippen LogP contribution in [0.2, 0.25) is 0 Å². The second-order valence-corrected chi connectivity index (χ2v) is 6.00. The van der Waals surface area contributed by atoms with Gasteiger partial charge < -0.3 is 10.5 Å². The van der Waals surface area contributed by atoms with Gasteiger partial charge in [0.15, 0.2) is 0 Å². The van der Waals surface area contributed by atoms with Gasteiger partial charge in [-0.15, -0.1) is 0 Å². The summed E-state index contributed by atoms with van der Waals surface area (Å²) in [5.74, 6) is -0.498. The van der Waals surface area contributed by atoms with Gasteiger partial charge in [0.2, 0.25) is 5.88 Å². The molecular formula is C13H14FN3O3S. The quantitative estimate of drug-likeness (QED) is 0.841. The van der Waals surface area contributed by atoms with Crippen molar-refractivity contribution >= 4 is 21.4 Å². The molecule has 112 valence electrons. The Bertz CT molecular complexity index is 761. The Morgan fingerprint density at radius 1 is 1.33 bits per heavy atom. The Kier molecular flexibility index (Phi) is 3.99. The molecule has 0 spiro atoms. The van der Waals surface area contributed by atoms with Gasteiger partial charge in [0.25, 0.3) is 10.0 Å². The molecule has 0 bridgehead atoms. The van der Waals surface area contributed by atoms with E-state index in [0.717, 1.165) is 6.07 Å². The maximum atomic E-state index is 14.0. The van der Waals surface area contributed by atoms with Gasteiger partial charge in [-0.3, -0.25) is 4.72 Å². The van der Waals surface area contributed by atoms with Gasteiger partial charge in [0, 0.05) is 11.8 Å². The van der Waals surface area contributed by atoms with Crippen molar-refractivity contribution in [3.63, 3.8) is 0 Å². The van der Waals surface area contributed by atoms with Crippen LogP contribution in [0, 0.1) is 12.7 Å². The van der Waals surface area contributed by atoms with Crippen molar-refractivity contribution in [2.75, 3.05) is 17.6 Å². The highest BCUT2D eigenvalue weighted by Crippen LogP contribution is 2.24. The van der Waals surface area contributed by atoms with Gasteiger partial charge in [0.1, 0.15) is 10.7 Å². The molecule has 8 heteroatoms. The minimum Gasteiger partial charge on any atom is -0.481 e. The lowest BCUT2D eigenvalue weighted by Crippen LogP contribution is -2.15. The van der Waals surface area contributed by atoms with Crippen LogP contribution >= 0.6 is 0 Å². The maximum absolute atomic E-state index is 14.0. The van der Waals surface area contributed by atoms with E-state index in [4.69, 9.17) is 10.5 Å². The third kappa shape index (κ3) is 3.22. The number of aryl methyl sites for hydroxylation is 1. The number of nitrogen functional groups attached to an aromatic ring is 1. The fourth-order valence-corrected chi connectivity index (χ4v) is 2.96. The third-order valence-electron chi connectivity index (χ3n) is 2.73. The highest BCUT2D eigenvalue weighted by atomic mass is 32.2. The predicted octanol–water partition coefficient (Wildman–Crippen LogP) is 1.92. The smallest absolute Gasteiger partial charge is 0.264 e. The second kappa shape index (κ2) is 5.57. The van der Waals surface area contributed by atoms with Crippen molar-refractivity contribution in [1.82, 2.24) is 4.98 Å². The molecule has 0 saturated heterocycles. The number of halogens is 1. The van der Waals surface area contributed by atoms with Crippen molar-refractivity contribution < 1.29 is 17.5 Å². The van der Waals surface area contributed by atoms with Crippen LogP contribution in [0.25, 0.3) is 0 Å². The van der Waals surface area contributed by atoms with E-state index in [2.05, 4.69) is 9.71 Å². The predicted molar refractivity (Wildman–Crippen MR) is 77.1 cm³/mol. The Morgan fingerprint density at radius 2 is 2.05 bits per heavy atom. The zero-order valence-electron chi connectivity index (χ0n) is 11.4. The van der Waals surface area contributed by atoms with Crippen LogP contribution in [-0.2, 0) is 10.0 Å². The first kappa shape index (κ1) is 15.0. The van der Waals surface area contributed by atoms with E-state index < -0.39 is 20.7 Å². The fourth-order valence-electron chi connectivity index (χ4n) is 1.73. The van der Waals surface area contributed by atoms with E-state index >= 15 is 0 Å². The number of methoxy groups -OCH3 is 1. The largest absolute Gasteiger partial charge is 0.481 e. The number of nitrogens with zero attached hydrogens (tertiary/aromatic N) is 1. The molecule has 0 aliphatic carbocycles. The normalized spacial score (nSPS) is 11.2. The Labute approximate surface area is 121 Å². The minimum atomic E-state index is -4.09. The minimum absolute atomic E-state index is 0.156. The molecule has 0 fully saturated rings. The number of aromatic nitrogens is 1. The number of hydrogen-bond donors (Lipinski definition) is 2. The molecule has 0 unspecified atom stereocenters. The Hall–Kier alpha value is -2.35. The average molecular weight is 311 g/mol. The fraction of sp³-hybridized carbons (Fsp3) is 0.154. The highest BCUT2D eigenvalue weighted by molar-refractivity contribution is 7.92. The number of sulfonamides is 1. The average Bonchev–Trinajstić information content (AvgIpc) is 2.43. The van der Waals surface area contributed by atoms with Gasteiger partial charge >= 0.3 is 0 Å². The third-order valence-corrected chi connectivity index (χ3v) is 4.11. The zero-order valence-corrected chi connectivity index (χ0v) is 12.2. The molecule has 0 aliphatic heterocycles. The first-order valence-corrected chi connectivity index (χ1v) is 7.40. The maximum Gasteiger partial charge on any atom is 0.264 e. The van der Waals surface area contributed by atoms with Gasteiger partial charge in [-0.2, -0.15) is 0 Å². The van der Waals surface area contributed by atoms with Crippen LogP contribution in [0.4, 0.5) is 15.8 Å². The summed E-state index contributed by atoms with van der Waals surface area (Å²) in [4.78, 5) is 3.36. The molecule has 0 atom stereocenters. The van der Waals surface area contributed by atoms with Gasteiger partial charge in [-0.1, -0.05) is 0 Å². The van der Waals surface area contributed by atoms with E-state index in [-0.39, 0.29) is 16.9 Å². The molecule has 0 radical (unpaired) electrons. The summed E-state index contributed by atoms with van der Waals surface area (Å²) in [6.45, 7) is 1.44. The number of ether oxygens (including phenoxy) is 1. The lowest BCUT2D eigenvalue weighted by atomic mass is 10.2. The summed E-state index contributed by atoms with van der Waals surface area (Å²) in [5.41, 5.74) is 6.08. The standard InChI is InChI=1S/C13H14FN3O3S/c1-8-5-9(15)6-11(13(8)14)21(18,19)17-10-3-4-12(20-2)16-7-10/h3-7,17H,15H2,1-2H3. The van der Waals surface area contributed by atoms with Crippen molar-refractivity contribution in [2.45, 2.75) is 11.8 Å². The topological polar surface area (TPSA) is 94.3 Å². The van der Waals surface area contributed by atoms with Crippen LogP contribution in [0.5, 0.6) is 5.88 Å². The van der Waals surface area contributed by atoms with Crippen molar-refractivity contribution in [3.05, 3.63) is 41.8 Å². The van der Waals surface area contributed by atoms with Crippen LogP contribution in [0.1, 0.15) is 5.56 Å². The number of benzene rings is 1. The number of nitrogens with one attached hydrogen (secondary N) is 1. The number of pyridine rings is 1. The van der Waals surface area contributed by atoms with E-state index in [0.29, 0.717) is 5.88 Å². The molecular weight excluding hydrogens is 297 g/mol. The Balaban J connectivity index is 2.38. The lowest BCUT2D eigenvalue weighted by Gasteiger charge is -2.11. The van der Waals surface area contributed by atoms with Gasteiger partial charge in [-0.25, -0.2) is 17.8 Å². The number of rotatable bonds is 4. The summed E-state index contributed by atoms with van der Waals surface area (Å²) in [6, 6.07) is 5.38. The summed E-state index contributed by atoms with van der Waals surface area (Å²) in [7, 11) is -2.65. The van der Waals surface area contributed by atoms with Gasteiger partial charge in [0.05, 0.1) is 19.0 Å². The molecule has 1 aromatic carbocycles. The number of hydrogen-bond acceptors (Lipinski definition) is 5. The zero-order chi connectivity index (χ0) is 15.6. The molecule has 1 heterocycles. The molecule has 2 rings (SSSR count). The molecule has 1 aromatic heterocycles. The first-order chi connectivity index (χ1) is 9.83.